The number of rotatable bonds is 8. The van der Waals surface area contributed by atoms with Crippen molar-refractivity contribution >= 4 is 33.4 Å². The first-order valence-corrected chi connectivity index (χ1v) is 9.24. The molecule has 0 heterocycles. The van der Waals surface area contributed by atoms with Gasteiger partial charge in [0, 0.05) is 23.9 Å². The zero-order valence-corrected chi connectivity index (χ0v) is 13.5. The second kappa shape index (κ2) is 8.11. The van der Waals surface area contributed by atoms with Crippen molar-refractivity contribution in [1.29, 1.82) is 0 Å². The van der Waals surface area contributed by atoms with Crippen LogP contribution in [0.4, 0.5) is 0 Å². The lowest BCUT2D eigenvalue weighted by molar-refractivity contribution is 0.584. The zero-order valence-electron chi connectivity index (χ0n) is 11.1. The lowest BCUT2D eigenvalue weighted by atomic mass is 10.2. The molecule has 1 aromatic rings. The highest BCUT2D eigenvalue weighted by Crippen LogP contribution is 2.20. The maximum atomic E-state index is 12.1. The van der Waals surface area contributed by atoms with Gasteiger partial charge in [-0.2, -0.15) is 11.8 Å². The molecule has 0 amide bonds. The van der Waals surface area contributed by atoms with Crippen LogP contribution in [0.3, 0.4) is 0 Å². The van der Waals surface area contributed by atoms with Gasteiger partial charge in [-0.3, -0.25) is 0 Å². The number of nitrogens with one attached hydrogen (secondary N) is 2. The predicted octanol–water partition coefficient (Wildman–Crippen LogP) is 2.09. The minimum Gasteiger partial charge on any atom is -0.313 e. The molecule has 0 radical (unpaired) electrons. The van der Waals surface area contributed by atoms with Gasteiger partial charge < -0.3 is 5.32 Å². The van der Waals surface area contributed by atoms with E-state index in [0.29, 0.717) is 18.1 Å². The summed E-state index contributed by atoms with van der Waals surface area (Å²) >= 11 is 7.65. The van der Waals surface area contributed by atoms with E-state index in [2.05, 4.69) is 10.0 Å². The highest BCUT2D eigenvalue weighted by atomic mass is 35.5. The Balaban J connectivity index is 2.88. The highest BCUT2D eigenvalue weighted by molar-refractivity contribution is 7.98. The molecule has 0 bridgehead atoms. The molecule has 0 unspecified atom stereocenters. The fourth-order valence-corrected chi connectivity index (χ4v) is 3.18. The van der Waals surface area contributed by atoms with Gasteiger partial charge in [0.05, 0.1) is 4.90 Å². The third kappa shape index (κ3) is 5.31. The van der Waals surface area contributed by atoms with E-state index in [9.17, 15) is 8.42 Å². The largest absolute Gasteiger partial charge is 0.313 e. The Morgan fingerprint density at radius 2 is 2.11 bits per heavy atom. The molecular formula is C12H19ClN2O2S2. The van der Waals surface area contributed by atoms with Crippen molar-refractivity contribution < 1.29 is 8.42 Å². The minimum atomic E-state index is -3.45. The highest BCUT2D eigenvalue weighted by Gasteiger charge is 2.14. The van der Waals surface area contributed by atoms with Crippen molar-refractivity contribution in [2.45, 2.75) is 18.4 Å². The van der Waals surface area contributed by atoms with E-state index in [1.54, 1.807) is 23.9 Å². The summed E-state index contributed by atoms with van der Waals surface area (Å²) in [5.41, 5.74) is 0.788. The molecule has 0 atom stereocenters. The molecule has 0 aromatic heterocycles. The molecule has 108 valence electrons. The summed E-state index contributed by atoms with van der Waals surface area (Å²) in [6.07, 6.45) is 1.94. The SMILES string of the molecule is CCNCc1cc(S(=O)(=O)NCCSC)ccc1Cl. The van der Waals surface area contributed by atoms with Gasteiger partial charge in [-0.15, -0.1) is 0 Å². The Labute approximate surface area is 124 Å². The van der Waals surface area contributed by atoms with Crippen molar-refractivity contribution in [2.75, 3.05) is 25.1 Å². The molecule has 0 saturated heterocycles. The zero-order chi connectivity index (χ0) is 14.3. The van der Waals surface area contributed by atoms with Crippen LogP contribution in [-0.2, 0) is 16.6 Å². The van der Waals surface area contributed by atoms with Gasteiger partial charge in [-0.1, -0.05) is 18.5 Å². The summed E-state index contributed by atoms with van der Waals surface area (Å²) in [4.78, 5) is 0.255. The van der Waals surface area contributed by atoms with Crippen LogP contribution < -0.4 is 10.0 Å². The number of thioether (sulfide) groups is 1. The van der Waals surface area contributed by atoms with Crippen LogP contribution in [0.1, 0.15) is 12.5 Å². The van der Waals surface area contributed by atoms with Gasteiger partial charge in [-0.05, 0) is 36.6 Å². The molecule has 0 fully saturated rings. The molecule has 19 heavy (non-hydrogen) atoms. The van der Waals surface area contributed by atoms with Crippen LogP contribution in [-0.4, -0.2) is 33.5 Å². The summed E-state index contributed by atoms with van der Waals surface area (Å²) in [7, 11) is -3.45. The topological polar surface area (TPSA) is 58.2 Å². The number of benzene rings is 1. The molecular weight excluding hydrogens is 304 g/mol. The molecule has 0 saturated carbocycles. The first-order chi connectivity index (χ1) is 9.01. The van der Waals surface area contributed by atoms with Crippen molar-refractivity contribution in [2.24, 2.45) is 0 Å². The molecule has 4 nitrogen and oxygen atoms in total. The van der Waals surface area contributed by atoms with Gasteiger partial charge in [0.1, 0.15) is 0 Å². The van der Waals surface area contributed by atoms with E-state index < -0.39 is 10.0 Å². The van der Waals surface area contributed by atoms with E-state index in [-0.39, 0.29) is 4.90 Å². The number of hydrogen-bond donors (Lipinski definition) is 2. The fraction of sp³-hybridized carbons (Fsp3) is 0.500. The van der Waals surface area contributed by atoms with Crippen LogP contribution in [0.2, 0.25) is 5.02 Å². The van der Waals surface area contributed by atoms with Crippen molar-refractivity contribution in [3.8, 4) is 0 Å². The summed E-state index contributed by atoms with van der Waals surface area (Å²) in [5, 5.41) is 3.71. The molecule has 1 aromatic carbocycles. The van der Waals surface area contributed by atoms with E-state index in [1.807, 2.05) is 13.2 Å². The second-order valence-corrected chi connectivity index (χ2v) is 7.08. The van der Waals surface area contributed by atoms with Crippen LogP contribution in [0.15, 0.2) is 23.1 Å². The average molecular weight is 323 g/mol. The Hall–Kier alpha value is -0.270. The second-order valence-electron chi connectivity index (χ2n) is 3.92. The van der Waals surface area contributed by atoms with Crippen LogP contribution in [0.25, 0.3) is 0 Å². The summed E-state index contributed by atoms with van der Waals surface area (Å²) in [6.45, 7) is 3.77. The van der Waals surface area contributed by atoms with Gasteiger partial charge in [0.15, 0.2) is 0 Å². The molecule has 0 aliphatic carbocycles. The van der Waals surface area contributed by atoms with Gasteiger partial charge in [-0.25, -0.2) is 13.1 Å². The molecule has 7 heteroatoms. The first-order valence-electron chi connectivity index (χ1n) is 5.99. The maximum Gasteiger partial charge on any atom is 0.240 e. The lowest BCUT2D eigenvalue weighted by Gasteiger charge is -2.10. The first kappa shape index (κ1) is 16.8. The van der Waals surface area contributed by atoms with E-state index in [1.165, 1.54) is 6.07 Å². The Bertz CT molecular complexity index is 506. The Morgan fingerprint density at radius 1 is 1.37 bits per heavy atom. The van der Waals surface area contributed by atoms with E-state index in [0.717, 1.165) is 17.9 Å². The normalized spacial score (nSPS) is 11.7. The molecule has 0 aliphatic heterocycles. The van der Waals surface area contributed by atoms with Gasteiger partial charge >= 0.3 is 0 Å². The smallest absolute Gasteiger partial charge is 0.240 e. The molecule has 0 spiro atoms. The maximum absolute atomic E-state index is 12.1. The average Bonchev–Trinajstić information content (AvgIpc) is 2.37. The van der Waals surface area contributed by atoms with Gasteiger partial charge in [0.25, 0.3) is 0 Å². The third-order valence-corrected chi connectivity index (χ3v) is 4.93. The minimum absolute atomic E-state index is 0.255. The number of sulfonamides is 1. The van der Waals surface area contributed by atoms with Crippen molar-refractivity contribution in [3.63, 3.8) is 0 Å². The van der Waals surface area contributed by atoms with Gasteiger partial charge in [0.2, 0.25) is 10.0 Å². The quantitative estimate of drug-likeness (QED) is 0.720. The molecule has 0 aliphatic rings. The standard InChI is InChI=1S/C12H19ClN2O2S2/c1-3-14-9-10-8-11(4-5-12(10)13)19(16,17)15-6-7-18-2/h4-5,8,14-15H,3,6-7,9H2,1-2H3. The van der Waals surface area contributed by atoms with Crippen molar-refractivity contribution in [1.82, 2.24) is 10.0 Å². The predicted molar refractivity (Wildman–Crippen MR) is 82.4 cm³/mol. The Morgan fingerprint density at radius 3 is 2.74 bits per heavy atom. The summed E-state index contributed by atoms with van der Waals surface area (Å²) in [5.74, 6) is 0.747. The van der Waals surface area contributed by atoms with Crippen LogP contribution >= 0.6 is 23.4 Å². The fourth-order valence-electron chi connectivity index (χ4n) is 1.47. The summed E-state index contributed by atoms with van der Waals surface area (Å²) in [6, 6.07) is 4.77. The lowest BCUT2D eigenvalue weighted by Crippen LogP contribution is -2.26. The van der Waals surface area contributed by atoms with Crippen molar-refractivity contribution in [3.05, 3.63) is 28.8 Å². The molecule has 1 rings (SSSR count). The summed E-state index contributed by atoms with van der Waals surface area (Å²) < 4.78 is 26.7. The Kier molecular flexibility index (Phi) is 7.17. The number of hydrogen-bond acceptors (Lipinski definition) is 4. The van der Waals surface area contributed by atoms with E-state index in [4.69, 9.17) is 11.6 Å². The third-order valence-electron chi connectivity index (χ3n) is 2.49. The monoisotopic (exact) mass is 322 g/mol. The molecule has 2 N–H and O–H groups in total. The van der Waals surface area contributed by atoms with Crippen LogP contribution in [0.5, 0.6) is 0 Å². The van der Waals surface area contributed by atoms with Crippen LogP contribution in [0, 0.1) is 0 Å². The van der Waals surface area contributed by atoms with E-state index >= 15 is 0 Å². The number of halogens is 1.